The molecule has 4 heterocycles. The Morgan fingerprint density at radius 3 is 2.38 bits per heavy atom. The first kappa shape index (κ1) is 31.9. The second-order valence-electron chi connectivity index (χ2n) is 9.05. The topological polar surface area (TPSA) is 161 Å². The molecule has 0 amide bonds. The lowest BCUT2D eigenvalue weighted by molar-refractivity contribution is -0.465. The van der Waals surface area contributed by atoms with Crippen LogP contribution in [-0.2, 0) is 9.53 Å². The van der Waals surface area contributed by atoms with Crippen LogP contribution < -0.4 is 32.5 Å². The summed E-state index contributed by atoms with van der Waals surface area (Å²) < 4.78 is 9.77. The van der Waals surface area contributed by atoms with Gasteiger partial charge >= 0.3 is 0 Å². The number of nitrogens with zero attached hydrogens (tertiary/aromatic N) is 3. The number of nitrogens with one attached hydrogen (secondary N) is 3. The molecule has 11 nitrogen and oxygen atoms in total. The highest BCUT2D eigenvalue weighted by atomic mass is 32.2. The monoisotopic (exact) mass is 560 g/mol. The first-order valence-corrected chi connectivity index (χ1v) is 14.3. The van der Waals surface area contributed by atoms with Gasteiger partial charge in [-0.05, 0) is 57.2 Å². The predicted molar refractivity (Wildman–Crippen MR) is 155 cm³/mol. The van der Waals surface area contributed by atoms with Crippen LogP contribution >= 0.6 is 11.8 Å². The highest BCUT2D eigenvalue weighted by molar-refractivity contribution is 8.02. The van der Waals surface area contributed by atoms with Gasteiger partial charge in [0.2, 0.25) is 6.29 Å². The van der Waals surface area contributed by atoms with Crippen molar-refractivity contribution in [1.82, 2.24) is 25.1 Å². The highest BCUT2D eigenvalue weighted by Crippen LogP contribution is 2.29. The van der Waals surface area contributed by atoms with Crippen LogP contribution in [0.25, 0.3) is 0 Å². The Morgan fingerprint density at radius 1 is 1.18 bits per heavy atom. The summed E-state index contributed by atoms with van der Waals surface area (Å²) in [5.74, 6) is -0.583. The fourth-order valence-corrected chi connectivity index (χ4v) is 4.82. The van der Waals surface area contributed by atoms with Gasteiger partial charge in [0.1, 0.15) is 0 Å². The van der Waals surface area contributed by atoms with Crippen molar-refractivity contribution in [2.45, 2.75) is 71.0 Å². The van der Waals surface area contributed by atoms with E-state index in [1.54, 1.807) is 11.8 Å². The maximum atomic E-state index is 8.89. The van der Waals surface area contributed by atoms with E-state index in [2.05, 4.69) is 65.4 Å². The van der Waals surface area contributed by atoms with Crippen LogP contribution in [0.1, 0.15) is 70.3 Å². The van der Waals surface area contributed by atoms with E-state index < -0.39 is 5.97 Å². The number of carboxylic acid groups (broad SMARTS) is 1. The molecule has 1 unspecified atom stereocenters. The summed E-state index contributed by atoms with van der Waals surface area (Å²) in [6.45, 7) is 15.6. The van der Waals surface area contributed by atoms with Crippen molar-refractivity contribution >= 4 is 23.8 Å². The standard InChI is InChI=1S/C14H21N3OS.C11H19N5.C2H4O2/c1-5-11-13(15-10(3)19-4)12-8-7-9-17(12)14(16-11)18-6-2;1-3-8-10(14-7(2)12)9-5-4-6-16(9)11(13)15-8;1-2(3)4/h7-9,11,13,15H,3,5-6H2,1-2,4H3;4-6,8,10-11,14-15H,2-3,12-13H2,1H3;1H3,(H,3,4)/t11-,13-;8-,10-,11?;/m00./s1. The molecule has 0 spiro atoms. The molecule has 0 aliphatic carbocycles. The number of nitrogens with two attached hydrogens (primary N) is 1. The molecule has 0 aromatic carbocycles. The van der Waals surface area contributed by atoms with Gasteiger partial charge < -0.3 is 36.7 Å². The number of thioether (sulfide) groups is 1. The van der Waals surface area contributed by atoms with Crippen LogP contribution in [0.3, 0.4) is 0 Å². The average Bonchev–Trinajstić information content (AvgIpc) is 3.57. The number of aliphatic carboxylic acids is 1. The number of carbonyl (C=O) groups is 1. The lowest BCUT2D eigenvalue weighted by atomic mass is 10.00. The van der Waals surface area contributed by atoms with E-state index in [0.717, 1.165) is 24.8 Å². The number of ether oxygens (including phenoxy) is 1. The molecular weight excluding hydrogens is 516 g/mol. The number of carboxylic acids is 1. The molecule has 0 radical (unpaired) electrons. The summed E-state index contributed by atoms with van der Waals surface area (Å²) in [5, 5.41) is 20.0. The molecule has 0 saturated carbocycles. The van der Waals surface area contributed by atoms with Gasteiger partial charge in [-0.15, -0.1) is 11.8 Å². The first-order chi connectivity index (χ1) is 18.6. The third-order valence-corrected chi connectivity index (χ3v) is 6.89. The molecule has 2 aliphatic heterocycles. The number of rotatable bonds is 8. The van der Waals surface area contributed by atoms with Crippen LogP contribution in [0.15, 0.2) is 65.7 Å². The van der Waals surface area contributed by atoms with Gasteiger partial charge in [-0.3, -0.25) is 9.13 Å². The maximum absolute atomic E-state index is 8.89. The number of aliphatic imine (C=N–C) groups is 1. The minimum absolute atomic E-state index is 0.0824. The second kappa shape index (κ2) is 15.3. The van der Waals surface area contributed by atoms with Crippen LogP contribution in [0.4, 0.5) is 0 Å². The highest BCUT2D eigenvalue weighted by Gasteiger charge is 2.33. The molecule has 4 rings (SSSR count). The first-order valence-electron chi connectivity index (χ1n) is 13.1. The normalized spacial score (nSPS) is 22.8. The Hall–Kier alpha value is -3.35. The van der Waals surface area contributed by atoms with Gasteiger partial charge in [-0.1, -0.05) is 27.0 Å². The minimum atomic E-state index is -1.08. The molecule has 2 aromatic heterocycles. The largest absolute Gasteiger partial charge is 0.550 e. The van der Waals surface area contributed by atoms with Gasteiger partial charge in [0.05, 0.1) is 41.3 Å². The second-order valence-corrected chi connectivity index (χ2v) is 9.95. The Balaban J connectivity index is 0.000000243. The summed E-state index contributed by atoms with van der Waals surface area (Å²) in [7, 11) is 0. The number of quaternary nitrogens is 1. The zero-order chi connectivity index (χ0) is 29.1. The lowest BCUT2D eigenvalue weighted by Gasteiger charge is -2.36. The van der Waals surface area contributed by atoms with E-state index >= 15 is 0 Å². The zero-order valence-electron chi connectivity index (χ0n) is 23.6. The van der Waals surface area contributed by atoms with Gasteiger partial charge in [-0.25, -0.2) is 10.3 Å². The number of fused-ring (bicyclic) bond motifs is 2. The third kappa shape index (κ3) is 8.57. The van der Waals surface area contributed by atoms with Gasteiger partial charge in [-0.2, -0.15) is 0 Å². The summed E-state index contributed by atoms with van der Waals surface area (Å²) in [5.41, 5.74) is 12.1. The molecule has 216 valence electrons. The van der Waals surface area contributed by atoms with Gasteiger partial charge in [0.15, 0.2) is 0 Å². The van der Waals surface area contributed by atoms with Crippen LogP contribution in [-0.4, -0.2) is 46.1 Å². The van der Waals surface area contributed by atoms with Gasteiger partial charge in [0, 0.05) is 30.1 Å². The molecule has 0 bridgehead atoms. The van der Waals surface area contributed by atoms with E-state index in [9.17, 15) is 0 Å². The molecule has 2 aromatic rings. The van der Waals surface area contributed by atoms with E-state index in [4.69, 9.17) is 25.4 Å². The quantitative estimate of drug-likeness (QED) is 0.323. The van der Waals surface area contributed by atoms with Crippen LogP contribution in [0.5, 0.6) is 0 Å². The van der Waals surface area contributed by atoms with E-state index in [1.807, 2.05) is 42.3 Å². The molecule has 0 saturated heterocycles. The van der Waals surface area contributed by atoms with Crippen molar-refractivity contribution in [2.24, 2.45) is 10.7 Å². The lowest BCUT2D eigenvalue weighted by Crippen LogP contribution is -2.68. The molecular formula is C27H44N8O3S. The molecule has 8 N–H and O–H groups in total. The summed E-state index contributed by atoms with van der Waals surface area (Å²) in [4.78, 5) is 13.6. The van der Waals surface area contributed by atoms with E-state index in [-0.39, 0.29) is 24.4 Å². The number of aromatic nitrogens is 2. The van der Waals surface area contributed by atoms with Crippen molar-refractivity contribution in [3.8, 4) is 0 Å². The number of carbonyl (C=O) groups excluding carboxylic acids is 1. The third-order valence-electron chi connectivity index (χ3n) is 6.28. The molecule has 0 fully saturated rings. The van der Waals surface area contributed by atoms with E-state index in [0.29, 0.717) is 24.5 Å². The van der Waals surface area contributed by atoms with Crippen molar-refractivity contribution < 1.29 is 20.4 Å². The molecule has 5 atom stereocenters. The summed E-state index contributed by atoms with van der Waals surface area (Å²) >= 11 is 1.62. The summed E-state index contributed by atoms with van der Waals surface area (Å²) in [6, 6.07) is 9.78. The minimum Gasteiger partial charge on any atom is -0.550 e. The van der Waals surface area contributed by atoms with Crippen molar-refractivity contribution in [3.63, 3.8) is 0 Å². The number of hydrogen-bond donors (Lipinski definition) is 5. The smallest absolute Gasteiger partial charge is 0.296 e. The van der Waals surface area contributed by atoms with Crippen molar-refractivity contribution in [1.29, 1.82) is 0 Å². The van der Waals surface area contributed by atoms with Gasteiger partial charge in [0.25, 0.3) is 6.02 Å². The Morgan fingerprint density at radius 2 is 1.82 bits per heavy atom. The Kier molecular flexibility index (Phi) is 12.5. The fourth-order valence-electron chi connectivity index (χ4n) is 4.58. The SMILES string of the molecule is C=C(N)N[C@@H]1c2cccn2C([NH3+])N[C@H]1CC.C=C(N[C@@H]1c2cccn2C(OCC)=N[C@H]1CC)SC.CC(=O)[O-]. The van der Waals surface area contributed by atoms with E-state index in [1.165, 1.54) is 11.4 Å². The fraction of sp³-hybridized carbons (Fsp3) is 0.481. The predicted octanol–water partition coefficient (Wildman–Crippen LogP) is 1.37. The number of hydrogen-bond acceptors (Lipinski definition) is 9. The molecule has 12 heteroatoms. The van der Waals surface area contributed by atoms with Crippen LogP contribution in [0.2, 0.25) is 0 Å². The van der Waals surface area contributed by atoms with Crippen LogP contribution in [0, 0.1) is 0 Å². The Bertz CT molecular complexity index is 1120. The average molecular weight is 561 g/mol. The maximum Gasteiger partial charge on any atom is 0.296 e. The Labute approximate surface area is 235 Å². The van der Waals surface area contributed by atoms with Crippen molar-refractivity contribution in [3.05, 3.63) is 72.1 Å². The zero-order valence-corrected chi connectivity index (χ0v) is 24.5. The molecule has 2 aliphatic rings. The van der Waals surface area contributed by atoms with Crippen molar-refractivity contribution in [2.75, 3.05) is 12.9 Å². The summed E-state index contributed by atoms with van der Waals surface area (Å²) in [6.07, 6.45) is 8.10. The molecule has 39 heavy (non-hydrogen) atoms.